The van der Waals surface area contributed by atoms with Crippen LogP contribution in [0.4, 0.5) is 10.5 Å². The molecule has 0 bridgehead atoms. The topological polar surface area (TPSA) is 108 Å². The first kappa shape index (κ1) is 30.7. The van der Waals surface area contributed by atoms with E-state index in [1.54, 1.807) is 39.8 Å². The average Bonchev–Trinajstić information content (AvgIpc) is 2.96. The molecule has 0 spiro atoms. The molecule has 220 valence electrons. The van der Waals surface area contributed by atoms with Crippen LogP contribution in [0.3, 0.4) is 0 Å². The first-order valence-electron chi connectivity index (χ1n) is 13.9. The zero-order valence-corrected chi connectivity index (χ0v) is 24.6. The largest absolute Gasteiger partial charge is 0.508 e. The van der Waals surface area contributed by atoms with Crippen LogP contribution in [-0.4, -0.2) is 39.6 Å². The van der Waals surface area contributed by atoms with Gasteiger partial charge in [-0.15, -0.1) is 0 Å². The summed E-state index contributed by atoms with van der Waals surface area (Å²) in [5.41, 5.74) is 1.36. The molecule has 0 aromatic heterocycles. The number of hydrogen-bond donors (Lipinski definition) is 3. The number of amides is 3. The lowest BCUT2D eigenvalue weighted by Gasteiger charge is -2.30. The summed E-state index contributed by atoms with van der Waals surface area (Å²) < 4.78 is 5.43. The molecule has 0 saturated carbocycles. The van der Waals surface area contributed by atoms with E-state index in [1.165, 1.54) is 12.1 Å². The fraction of sp³-hybridized carbons (Fsp3) is 0.229. The van der Waals surface area contributed by atoms with Crippen LogP contribution in [-0.2, 0) is 20.7 Å². The van der Waals surface area contributed by atoms with Crippen LogP contribution in [0.15, 0.2) is 91.0 Å². The van der Waals surface area contributed by atoms with Crippen molar-refractivity contribution in [3.05, 3.63) is 108 Å². The maximum Gasteiger partial charge on any atom is 0.408 e. The molecule has 0 radical (unpaired) electrons. The second kappa shape index (κ2) is 13.1. The Bertz CT molecular complexity index is 1670. The highest BCUT2D eigenvalue weighted by molar-refractivity contribution is 6.01. The summed E-state index contributed by atoms with van der Waals surface area (Å²) in [6, 6.07) is 26.9. The minimum atomic E-state index is -1.29. The summed E-state index contributed by atoms with van der Waals surface area (Å²) in [6.07, 6.45) is 5.24. The van der Waals surface area contributed by atoms with Crippen molar-refractivity contribution in [2.75, 3.05) is 5.32 Å². The SMILES string of the molecule is C#CN(C(=O)C(Cc1ccccc1)NC(=O)OC(C)(C)C)C(C(=O)Nc1ccc2ccccc2c1)c1ccc(O)c(C)c1. The Morgan fingerprint density at radius 3 is 2.26 bits per heavy atom. The quantitative estimate of drug-likeness (QED) is 0.174. The molecule has 4 aromatic carbocycles. The number of nitrogens with zero attached hydrogens (tertiary/aromatic N) is 1. The number of hydrogen-bond acceptors (Lipinski definition) is 5. The van der Waals surface area contributed by atoms with Crippen molar-refractivity contribution in [2.24, 2.45) is 0 Å². The van der Waals surface area contributed by atoms with Gasteiger partial charge in [0, 0.05) is 18.2 Å². The fourth-order valence-electron chi connectivity index (χ4n) is 4.68. The highest BCUT2D eigenvalue weighted by Crippen LogP contribution is 2.29. The molecular formula is C35H35N3O5. The highest BCUT2D eigenvalue weighted by Gasteiger charge is 2.36. The Hall–Kier alpha value is -5.29. The van der Waals surface area contributed by atoms with Gasteiger partial charge in [-0.25, -0.2) is 4.79 Å². The van der Waals surface area contributed by atoms with Gasteiger partial charge in [-0.2, -0.15) is 0 Å². The Labute approximate surface area is 251 Å². The number of nitrogens with one attached hydrogen (secondary N) is 2. The number of alkyl carbamates (subject to hydrolysis) is 1. The molecule has 4 rings (SSSR count). The third-order valence-corrected chi connectivity index (χ3v) is 6.71. The molecule has 8 nitrogen and oxygen atoms in total. The smallest absolute Gasteiger partial charge is 0.408 e. The Kier molecular flexibility index (Phi) is 9.36. The molecule has 8 heteroatoms. The molecule has 2 atom stereocenters. The number of carbonyl (C=O) groups excluding carboxylic acids is 3. The molecule has 3 amide bonds. The number of aromatic hydroxyl groups is 1. The van der Waals surface area contributed by atoms with E-state index < -0.39 is 35.6 Å². The van der Waals surface area contributed by atoms with Crippen molar-refractivity contribution >= 4 is 34.4 Å². The minimum absolute atomic E-state index is 0.0320. The van der Waals surface area contributed by atoms with Gasteiger partial charge in [-0.3, -0.25) is 14.5 Å². The third kappa shape index (κ3) is 7.92. The number of rotatable bonds is 8. The van der Waals surface area contributed by atoms with Crippen molar-refractivity contribution in [1.82, 2.24) is 10.2 Å². The third-order valence-electron chi connectivity index (χ3n) is 6.71. The molecule has 0 aliphatic heterocycles. The van der Waals surface area contributed by atoms with Gasteiger partial charge >= 0.3 is 6.09 Å². The zero-order chi connectivity index (χ0) is 31.1. The van der Waals surface area contributed by atoms with E-state index in [-0.39, 0.29) is 12.2 Å². The summed E-state index contributed by atoms with van der Waals surface area (Å²) >= 11 is 0. The van der Waals surface area contributed by atoms with Crippen molar-refractivity contribution in [3.63, 3.8) is 0 Å². The fourth-order valence-corrected chi connectivity index (χ4v) is 4.68. The van der Waals surface area contributed by atoms with E-state index in [1.807, 2.05) is 66.7 Å². The van der Waals surface area contributed by atoms with Crippen molar-refractivity contribution in [1.29, 1.82) is 0 Å². The zero-order valence-electron chi connectivity index (χ0n) is 24.6. The average molecular weight is 578 g/mol. The minimum Gasteiger partial charge on any atom is -0.508 e. The summed E-state index contributed by atoms with van der Waals surface area (Å²) in [6.45, 7) is 6.83. The van der Waals surface area contributed by atoms with Gasteiger partial charge in [0.15, 0.2) is 0 Å². The summed E-state index contributed by atoms with van der Waals surface area (Å²) in [4.78, 5) is 41.9. The predicted molar refractivity (Wildman–Crippen MR) is 167 cm³/mol. The molecule has 43 heavy (non-hydrogen) atoms. The molecule has 0 fully saturated rings. The maximum absolute atomic E-state index is 14.2. The van der Waals surface area contributed by atoms with Gasteiger partial charge in [0.05, 0.1) is 0 Å². The number of carbonyl (C=O) groups is 3. The van der Waals surface area contributed by atoms with E-state index in [9.17, 15) is 19.5 Å². The second-order valence-corrected chi connectivity index (χ2v) is 11.2. The molecule has 3 N–H and O–H groups in total. The monoisotopic (exact) mass is 577 g/mol. The lowest BCUT2D eigenvalue weighted by Crippen LogP contribution is -2.51. The molecule has 4 aromatic rings. The van der Waals surface area contributed by atoms with Gasteiger partial charge in [0.2, 0.25) is 0 Å². The van der Waals surface area contributed by atoms with Crippen molar-refractivity contribution < 1.29 is 24.2 Å². The number of benzene rings is 4. The lowest BCUT2D eigenvalue weighted by molar-refractivity contribution is -0.136. The Morgan fingerprint density at radius 2 is 1.60 bits per heavy atom. The van der Waals surface area contributed by atoms with Crippen LogP contribution >= 0.6 is 0 Å². The highest BCUT2D eigenvalue weighted by atomic mass is 16.6. The molecule has 0 aliphatic carbocycles. The van der Waals surface area contributed by atoms with Gasteiger partial charge in [0.1, 0.15) is 23.4 Å². The first-order chi connectivity index (χ1) is 20.4. The number of phenols is 1. The van der Waals surface area contributed by atoms with E-state index in [0.717, 1.165) is 21.2 Å². The number of ether oxygens (including phenoxy) is 1. The molecule has 0 heterocycles. The maximum atomic E-state index is 14.2. The standard InChI is InChI=1S/C35H35N3O5/c1-6-38(33(41)29(21-24-12-8-7-9-13-24)37-34(42)43-35(3,4)5)31(27-17-19-30(39)23(2)20-27)32(40)36-28-18-16-25-14-10-11-15-26(25)22-28/h1,7-20,22,29,31,39H,21H2,2-5H3,(H,36,40)(H,37,42). The van der Waals surface area contributed by atoms with Crippen molar-refractivity contribution in [3.8, 4) is 18.2 Å². The molecular weight excluding hydrogens is 542 g/mol. The van der Waals surface area contributed by atoms with Crippen LogP contribution in [0, 0.1) is 19.4 Å². The number of aryl methyl sites for hydroxylation is 1. The van der Waals surface area contributed by atoms with E-state index in [4.69, 9.17) is 11.2 Å². The van der Waals surface area contributed by atoms with Crippen LogP contribution in [0.1, 0.15) is 43.5 Å². The van der Waals surface area contributed by atoms with Crippen molar-refractivity contribution in [2.45, 2.75) is 51.8 Å². The summed E-state index contributed by atoms with van der Waals surface area (Å²) in [5, 5.41) is 17.6. The van der Waals surface area contributed by atoms with Gasteiger partial charge in [-0.1, -0.05) is 73.2 Å². The molecule has 0 aliphatic rings. The normalized spacial score (nSPS) is 12.4. The van der Waals surface area contributed by atoms with Gasteiger partial charge in [-0.05, 0) is 79.4 Å². The van der Waals surface area contributed by atoms with Crippen LogP contribution in [0.5, 0.6) is 5.75 Å². The van der Waals surface area contributed by atoms with E-state index in [2.05, 4.69) is 16.7 Å². The molecule has 0 saturated heterocycles. The summed E-state index contributed by atoms with van der Waals surface area (Å²) in [7, 11) is 0. The first-order valence-corrected chi connectivity index (χ1v) is 13.9. The van der Waals surface area contributed by atoms with Crippen LogP contribution < -0.4 is 10.6 Å². The van der Waals surface area contributed by atoms with Gasteiger partial charge in [0.25, 0.3) is 11.8 Å². The number of anilines is 1. The second-order valence-electron chi connectivity index (χ2n) is 11.2. The predicted octanol–water partition coefficient (Wildman–Crippen LogP) is 6.09. The Balaban J connectivity index is 1.72. The lowest BCUT2D eigenvalue weighted by atomic mass is 9.99. The van der Waals surface area contributed by atoms with E-state index in [0.29, 0.717) is 16.8 Å². The number of phenolic OH excluding ortho intramolecular Hbond substituents is 1. The molecule has 2 unspecified atom stereocenters. The van der Waals surface area contributed by atoms with Gasteiger partial charge < -0.3 is 20.5 Å². The number of fused-ring (bicyclic) bond motifs is 1. The van der Waals surface area contributed by atoms with Crippen LogP contribution in [0.2, 0.25) is 0 Å². The number of terminal acetylenes is 1. The summed E-state index contributed by atoms with van der Waals surface area (Å²) in [5.74, 6) is -1.21. The Morgan fingerprint density at radius 1 is 0.930 bits per heavy atom. The van der Waals surface area contributed by atoms with E-state index >= 15 is 0 Å². The van der Waals surface area contributed by atoms with Crippen LogP contribution in [0.25, 0.3) is 10.8 Å².